The number of anilines is 1. The molecule has 94 valence electrons. The van der Waals surface area contributed by atoms with Crippen LogP contribution in [0, 0.1) is 6.92 Å². The van der Waals surface area contributed by atoms with Crippen molar-refractivity contribution in [3.63, 3.8) is 0 Å². The number of aryl methyl sites for hydroxylation is 1. The van der Waals surface area contributed by atoms with Crippen molar-refractivity contribution in [3.8, 4) is 0 Å². The Bertz CT molecular complexity index is 549. The van der Waals surface area contributed by atoms with E-state index in [0.717, 1.165) is 0 Å². The molecule has 1 aromatic rings. The predicted octanol–water partition coefficient (Wildman–Crippen LogP) is 0.749. The molecule has 0 spiro atoms. The molecule has 0 aliphatic carbocycles. The van der Waals surface area contributed by atoms with E-state index in [2.05, 4.69) is 10.3 Å². The lowest BCUT2D eigenvalue weighted by atomic mass is 10.3. The zero-order valence-electron chi connectivity index (χ0n) is 9.13. The molecular weight excluding hydrogens is 264 g/mol. The summed E-state index contributed by atoms with van der Waals surface area (Å²) in [7, 11) is -2.94. The molecule has 2 N–H and O–H groups in total. The minimum absolute atomic E-state index is 0.0263. The van der Waals surface area contributed by atoms with Gasteiger partial charge in [0.1, 0.15) is 0 Å². The van der Waals surface area contributed by atoms with Crippen LogP contribution in [-0.4, -0.2) is 42.0 Å². The van der Waals surface area contributed by atoms with E-state index in [1.807, 2.05) is 0 Å². The zero-order chi connectivity index (χ0) is 12.6. The molecule has 1 aliphatic heterocycles. The van der Waals surface area contributed by atoms with E-state index >= 15 is 0 Å². The Hall–Kier alpha value is -1.15. The number of aromatic carboxylic acids is 1. The summed E-state index contributed by atoms with van der Waals surface area (Å²) in [5.74, 6) is -0.791. The Balaban J connectivity index is 2.10. The first-order valence-electron chi connectivity index (χ1n) is 5.05. The minimum Gasteiger partial charge on any atom is -0.476 e. The number of aromatic nitrogens is 1. The first-order valence-corrected chi connectivity index (χ1v) is 7.69. The third-order valence-corrected chi connectivity index (χ3v) is 5.23. The standard InChI is InChI=1S/C9H12N2O4S2/c1-5-7(8(12)13)11-9(16-5)10-6-2-3-17(14,15)4-6/h6H,2-4H2,1H3,(H,10,11)(H,12,13). The van der Waals surface area contributed by atoms with Crippen LogP contribution in [0.15, 0.2) is 0 Å². The predicted molar refractivity (Wildman–Crippen MR) is 64.5 cm³/mol. The van der Waals surface area contributed by atoms with Gasteiger partial charge < -0.3 is 10.4 Å². The van der Waals surface area contributed by atoms with Crippen molar-refractivity contribution in [2.75, 3.05) is 16.8 Å². The molecule has 1 unspecified atom stereocenters. The van der Waals surface area contributed by atoms with Crippen LogP contribution < -0.4 is 5.32 Å². The zero-order valence-corrected chi connectivity index (χ0v) is 10.8. The number of carbonyl (C=O) groups is 1. The van der Waals surface area contributed by atoms with Crippen LogP contribution in [0.3, 0.4) is 0 Å². The van der Waals surface area contributed by atoms with Gasteiger partial charge in [-0.1, -0.05) is 0 Å². The van der Waals surface area contributed by atoms with Crippen molar-refractivity contribution in [3.05, 3.63) is 10.6 Å². The fourth-order valence-electron chi connectivity index (χ4n) is 1.74. The summed E-state index contributed by atoms with van der Waals surface area (Å²) in [6.07, 6.45) is 0.545. The third-order valence-electron chi connectivity index (χ3n) is 2.56. The molecule has 0 aromatic carbocycles. The van der Waals surface area contributed by atoms with Crippen LogP contribution in [0.1, 0.15) is 21.8 Å². The smallest absolute Gasteiger partial charge is 0.355 e. The van der Waals surface area contributed by atoms with Gasteiger partial charge in [0.15, 0.2) is 20.7 Å². The molecule has 0 amide bonds. The Labute approximate surface area is 103 Å². The van der Waals surface area contributed by atoms with Crippen LogP contribution in [-0.2, 0) is 9.84 Å². The summed E-state index contributed by atoms with van der Waals surface area (Å²) in [6.45, 7) is 1.68. The van der Waals surface area contributed by atoms with E-state index in [1.54, 1.807) is 6.92 Å². The number of carboxylic acid groups (broad SMARTS) is 1. The van der Waals surface area contributed by atoms with Crippen molar-refractivity contribution in [1.82, 2.24) is 4.98 Å². The van der Waals surface area contributed by atoms with Gasteiger partial charge in [0.25, 0.3) is 0 Å². The van der Waals surface area contributed by atoms with Crippen molar-refractivity contribution < 1.29 is 18.3 Å². The summed E-state index contributed by atoms with van der Waals surface area (Å²) >= 11 is 1.23. The van der Waals surface area contributed by atoms with Gasteiger partial charge in [-0.15, -0.1) is 11.3 Å². The van der Waals surface area contributed by atoms with Crippen LogP contribution in [0.2, 0.25) is 0 Å². The highest BCUT2D eigenvalue weighted by molar-refractivity contribution is 7.91. The van der Waals surface area contributed by atoms with Gasteiger partial charge in [-0.05, 0) is 13.3 Å². The highest BCUT2D eigenvalue weighted by Gasteiger charge is 2.28. The Kier molecular flexibility index (Phi) is 3.09. The molecule has 8 heteroatoms. The topological polar surface area (TPSA) is 96.4 Å². The monoisotopic (exact) mass is 276 g/mol. The lowest BCUT2D eigenvalue weighted by Gasteiger charge is -2.07. The fraction of sp³-hybridized carbons (Fsp3) is 0.556. The second kappa shape index (κ2) is 4.26. The number of rotatable bonds is 3. The highest BCUT2D eigenvalue weighted by atomic mass is 32.2. The second-order valence-electron chi connectivity index (χ2n) is 3.97. The molecule has 0 radical (unpaired) electrons. The molecule has 1 saturated heterocycles. The summed E-state index contributed by atoms with van der Waals surface area (Å²) in [4.78, 5) is 15.3. The van der Waals surface area contributed by atoms with Crippen molar-refractivity contribution in [2.45, 2.75) is 19.4 Å². The van der Waals surface area contributed by atoms with E-state index < -0.39 is 15.8 Å². The van der Waals surface area contributed by atoms with Gasteiger partial charge in [-0.25, -0.2) is 18.2 Å². The molecular formula is C9H12N2O4S2. The number of nitrogens with one attached hydrogen (secondary N) is 1. The molecule has 1 fully saturated rings. The summed E-state index contributed by atoms with van der Waals surface area (Å²) in [5.41, 5.74) is 0.0263. The van der Waals surface area contributed by atoms with Crippen LogP contribution >= 0.6 is 11.3 Å². The maximum Gasteiger partial charge on any atom is 0.355 e. The Morgan fingerprint density at radius 1 is 1.59 bits per heavy atom. The van der Waals surface area contributed by atoms with E-state index in [-0.39, 0.29) is 23.2 Å². The van der Waals surface area contributed by atoms with Crippen LogP contribution in [0.5, 0.6) is 0 Å². The molecule has 2 rings (SSSR count). The van der Waals surface area contributed by atoms with Crippen molar-refractivity contribution in [2.24, 2.45) is 0 Å². The third kappa shape index (κ3) is 2.75. The molecule has 2 heterocycles. The van der Waals surface area contributed by atoms with Gasteiger partial charge >= 0.3 is 5.97 Å². The number of carboxylic acids is 1. The van der Waals surface area contributed by atoms with Gasteiger partial charge in [0.05, 0.1) is 11.5 Å². The SMILES string of the molecule is Cc1sc(NC2CCS(=O)(=O)C2)nc1C(=O)O. The lowest BCUT2D eigenvalue weighted by molar-refractivity contribution is 0.0690. The lowest BCUT2D eigenvalue weighted by Crippen LogP contribution is -2.20. The molecule has 6 nitrogen and oxygen atoms in total. The second-order valence-corrected chi connectivity index (χ2v) is 7.41. The van der Waals surface area contributed by atoms with E-state index in [4.69, 9.17) is 5.11 Å². The average Bonchev–Trinajstić information content (AvgIpc) is 2.70. The van der Waals surface area contributed by atoms with Crippen molar-refractivity contribution in [1.29, 1.82) is 0 Å². The highest BCUT2D eigenvalue weighted by Crippen LogP contribution is 2.24. The summed E-state index contributed by atoms with van der Waals surface area (Å²) in [5, 5.41) is 12.3. The first-order chi connectivity index (χ1) is 7.87. The largest absolute Gasteiger partial charge is 0.476 e. The van der Waals surface area contributed by atoms with Crippen molar-refractivity contribution >= 4 is 32.3 Å². The molecule has 0 bridgehead atoms. The Morgan fingerprint density at radius 3 is 2.76 bits per heavy atom. The first kappa shape index (κ1) is 12.3. The number of sulfone groups is 1. The van der Waals surface area contributed by atoms with Gasteiger partial charge in [-0.2, -0.15) is 0 Å². The summed E-state index contributed by atoms with van der Waals surface area (Å²) in [6, 6.07) is -0.160. The quantitative estimate of drug-likeness (QED) is 0.845. The van der Waals surface area contributed by atoms with Gasteiger partial charge in [0, 0.05) is 10.9 Å². The minimum atomic E-state index is -2.94. The maximum absolute atomic E-state index is 11.3. The number of thiazole rings is 1. The maximum atomic E-state index is 11.3. The number of nitrogens with zero attached hydrogens (tertiary/aromatic N) is 1. The van der Waals surface area contributed by atoms with Gasteiger partial charge in [0.2, 0.25) is 0 Å². The summed E-state index contributed by atoms with van der Waals surface area (Å²) < 4.78 is 22.5. The van der Waals surface area contributed by atoms with Crippen LogP contribution in [0.4, 0.5) is 5.13 Å². The molecule has 1 aromatic heterocycles. The normalized spacial score (nSPS) is 22.5. The molecule has 0 saturated carbocycles. The Morgan fingerprint density at radius 2 is 2.29 bits per heavy atom. The van der Waals surface area contributed by atoms with E-state index in [1.165, 1.54) is 11.3 Å². The molecule has 1 aliphatic rings. The van der Waals surface area contributed by atoms with E-state index in [0.29, 0.717) is 16.4 Å². The molecule has 1 atom stereocenters. The number of hydrogen-bond donors (Lipinski definition) is 2. The average molecular weight is 276 g/mol. The molecule has 17 heavy (non-hydrogen) atoms. The van der Waals surface area contributed by atoms with E-state index in [9.17, 15) is 13.2 Å². The fourth-order valence-corrected chi connectivity index (χ4v) is 4.30. The van der Waals surface area contributed by atoms with Gasteiger partial charge in [-0.3, -0.25) is 0 Å². The number of hydrogen-bond acceptors (Lipinski definition) is 6. The van der Waals surface area contributed by atoms with Crippen LogP contribution in [0.25, 0.3) is 0 Å².